The lowest BCUT2D eigenvalue weighted by Gasteiger charge is -2.00. The van der Waals surface area contributed by atoms with E-state index in [0.717, 1.165) is 48.5 Å². The van der Waals surface area contributed by atoms with Gasteiger partial charge in [0.15, 0.2) is 5.76 Å². The van der Waals surface area contributed by atoms with Crippen LogP contribution in [0.2, 0.25) is 0 Å². The number of ether oxygens (including phenoxy) is 1. The summed E-state index contributed by atoms with van der Waals surface area (Å²) in [4.78, 5) is 16.8. The van der Waals surface area contributed by atoms with Crippen molar-refractivity contribution >= 4 is 17.5 Å². The number of benzene rings is 2. The number of Topliss-reactive ketones (excluding diaryl/α,β-unsaturated/α-hetero) is 1. The van der Waals surface area contributed by atoms with Crippen molar-refractivity contribution in [3.63, 3.8) is 0 Å². The quantitative estimate of drug-likeness (QED) is 0.300. The Bertz CT molecular complexity index is 805. The Morgan fingerprint density at radius 2 is 1.64 bits per heavy atom. The summed E-state index contributed by atoms with van der Waals surface area (Å²) in [7, 11) is 1.70. The van der Waals surface area contributed by atoms with Gasteiger partial charge >= 0.3 is 0 Å². The molecule has 3 rings (SSSR count). The highest BCUT2D eigenvalue weighted by molar-refractivity contribution is 7.99. The number of oxazole rings is 1. The Morgan fingerprint density at radius 3 is 2.32 bits per heavy atom. The number of carbonyl (C=O) groups is 1. The molecular formula is C23H25NO3S. The predicted octanol–water partition coefficient (Wildman–Crippen LogP) is 5.88. The molecule has 0 amide bonds. The van der Waals surface area contributed by atoms with Gasteiger partial charge in [-0.2, -0.15) is 0 Å². The van der Waals surface area contributed by atoms with Crippen LogP contribution < -0.4 is 0 Å². The Hall–Kier alpha value is -2.37. The topological polar surface area (TPSA) is 52.3 Å². The fourth-order valence-corrected chi connectivity index (χ4v) is 3.63. The van der Waals surface area contributed by atoms with Crippen LogP contribution in [-0.4, -0.2) is 30.2 Å². The minimum Gasteiger partial charge on any atom is -0.431 e. The highest BCUT2D eigenvalue weighted by Crippen LogP contribution is 2.35. The monoisotopic (exact) mass is 395 g/mol. The molecule has 0 saturated heterocycles. The van der Waals surface area contributed by atoms with Crippen molar-refractivity contribution in [3.05, 3.63) is 60.7 Å². The number of hydrogen-bond acceptors (Lipinski definition) is 5. The summed E-state index contributed by atoms with van der Waals surface area (Å²) in [6, 6.07) is 19.9. The Balaban J connectivity index is 1.67. The van der Waals surface area contributed by atoms with Gasteiger partial charge in [-0.3, -0.25) is 4.79 Å². The van der Waals surface area contributed by atoms with Gasteiger partial charge in [-0.15, -0.1) is 0 Å². The maximum Gasteiger partial charge on any atom is 0.257 e. The lowest BCUT2D eigenvalue weighted by molar-refractivity contribution is -0.116. The molecule has 1 heterocycles. The fraction of sp³-hybridized carbons (Fsp3) is 0.304. The molecule has 5 heteroatoms. The highest BCUT2D eigenvalue weighted by Gasteiger charge is 2.17. The largest absolute Gasteiger partial charge is 0.431 e. The van der Waals surface area contributed by atoms with Gasteiger partial charge in [0.05, 0.1) is 5.75 Å². The molecule has 0 bridgehead atoms. The SMILES string of the molecule is COCCCCCC(=O)CSc1nc(-c2ccccc2)c(-c2ccccc2)o1. The molecule has 28 heavy (non-hydrogen) atoms. The van der Waals surface area contributed by atoms with E-state index in [2.05, 4.69) is 4.98 Å². The van der Waals surface area contributed by atoms with E-state index in [1.165, 1.54) is 11.8 Å². The first-order valence-electron chi connectivity index (χ1n) is 9.53. The third-order valence-electron chi connectivity index (χ3n) is 4.35. The first kappa shape index (κ1) is 20.4. The van der Waals surface area contributed by atoms with Crippen LogP contribution >= 0.6 is 11.8 Å². The molecule has 0 N–H and O–H groups in total. The number of aromatic nitrogens is 1. The number of rotatable bonds is 11. The van der Waals surface area contributed by atoms with Crippen LogP contribution in [0.25, 0.3) is 22.6 Å². The number of hydrogen-bond donors (Lipinski definition) is 0. The number of carbonyl (C=O) groups excluding carboxylic acids is 1. The maximum absolute atomic E-state index is 12.2. The van der Waals surface area contributed by atoms with E-state index in [-0.39, 0.29) is 5.78 Å². The minimum atomic E-state index is 0.225. The van der Waals surface area contributed by atoms with Crippen molar-refractivity contribution in [2.45, 2.75) is 30.9 Å². The van der Waals surface area contributed by atoms with Gasteiger partial charge in [0.1, 0.15) is 11.5 Å². The maximum atomic E-state index is 12.2. The second-order valence-corrected chi connectivity index (χ2v) is 7.45. The standard InChI is InChI=1S/C23H25NO3S/c1-26-16-10-4-9-15-20(25)17-28-23-24-21(18-11-5-2-6-12-18)22(27-23)19-13-7-3-8-14-19/h2-3,5-8,11-14H,4,9-10,15-17H2,1H3. The Kier molecular flexibility index (Phi) is 7.88. The van der Waals surface area contributed by atoms with E-state index < -0.39 is 0 Å². The smallest absolute Gasteiger partial charge is 0.257 e. The van der Waals surface area contributed by atoms with E-state index in [4.69, 9.17) is 9.15 Å². The lowest BCUT2D eigenvalue weighted by atomic mass is 10.1. The van der Waals surface area contributed by atoms with Crippen molar-refractivity contribution < 1.29 is 13.9 Å². The summed E-state index contributed by atoms with van der Waals surface area (Å²) in [5.41, 5.74) is 2.79. The summed E-state index contributed by atoms with van der Waals surface area (Å²) in [5, 5.41) is 0.533. The van der Waals surface area contributed by atoms with Crippen LogP contribution in [-0.2, 0) is 9.53 Å². The molecule has 146 valence electrons. The van der Waals surface area contributed by atoms with E-state index in [1.807, 2.05) is 60.7 Å². The summed E-state index contributed by atoms with van der Waals surface area (Å²) in [6.45, 7) is 0.754. The molecule has 0 spiro atoms. The van der Waals surface area contributed by atoms with E-state index >= 15 is 0 Å². The Morgan fingerprint density at radius 1 is 0.964 bits per heavy atom. The van der Waals surface area contributed by atoms with Crippen LogP contribution in [0.15, 0.2) is 70.3 Å². The molecular weight excluding hydrogens is 370 g/mol. The van der Waals surface area contributed by atoms with Gasteiger partial charge in [0.2, 0.25) is 0 Å². The summed E-state index contributed by atoms with van der Waals surface area (Å²) in [5.74, 6) is 1.34. The van der Waals surface area contributed by atoms with Crippen molar-refractivity contribution in [1.82, 2.24) is 4.98 Å². The zero-order valence-corrected chi connectivity index (χ0v) is 16.9. The summed E-state index contributed by atoms with van der Waals surface area (Å²) >= 11 is 1.37. The molecule has 0 unspecified atom stereocenters. The molecule has 1 aromatic heterocycles. The first-order valence-corrected chi connectivity index (χ1v) is 10.5. The van der Waals surface area contributed by atoms with E-state index in [0.29, 0.717) is 17.4 Å². The van der Waals surface area contributed by atoms with Gasteiger partial charge < -0.3 is 9.15 Å². The second-order valence-electron chi connectivity index (χ2n) is 6.52. The molecule has 0 aliphatic carbocycles. The van der Waals surface area contributed by atoms with E-state index in [1.54, 1.807) is 7.11 Å². The normalized spacial score (nSPS) is 10.9. The average Bonchev–Trinajstić information content (AvgIpc) is 3.18. The summed E-state index contributed by atoms with van der Waals surface area (Å²) in [6.07, 6.45) is 3.50. The lowest BCUT2D eigenvalue weighted by Crippen LogP contribution is -2.01. The molecule has 4 nitrogen and oxygen atoms in total. The predicted molar refractivity (Wildman–Crippen MR) is 113 cm³/mol. The minimum absolute atomic E-state index is 0.225. The van der Waals surface area contributed by atoms with Crippen LogP contribution in [0.5, 0.6) is 0 Å². The Labute approximate surface area is 170 Å². The third kappa shape index (κ3) is 5.81. The van der Waals surface area contributed by atoms with Crippen molar-refractivity contribution in [3.8, 4) is 22.6 Å². The first-order chi connectivity index (χ1) is 13.8. The van der Waals surface area contributed by atoms with Crippen LogP contribution in [0.3, 0.4) is 0 Å². The van der Waals surface area contributed by atoms with E-state index in [9.17, 15) is 4.79 Å². The zero-order valence-electron chi connectivity index (χ0n) is 16.1. The molecule has 0 atom stereocenters. The number of thioether (sulfide) groups is 1. The van der Waals surface area contributed by atoms with Gasteiger partial charge in [-0.25, -0.2) is 4.98 Å². The number of unbranched alkanes of at least 4 members (excludes halogenated alkanes) is 2. The fourth-order valence-electron chi connectivity index (χ4n) is 2.90. The van der Waals surface area contributed by atoms with Crippen LogP contribution in [0, 0.1) is 0 Å². The van der Waals surface area contributed by atoms with Gasteiger partial charge in [0, 0.05) is 31.3 Å². The summed E-state index contributed by atoms with van der Waals surface area (Å²) < 4.78 is 11.1. The van der Waals surface area contributed by atoms with Gasteiger partial charge in [-0.1, -0.05) is 78.8 Å². The molecule has 0 aliphatic rings. The van der Waals surface area contributed by atoms with Crippen molar-refractivity contribution in [2.24, 2.45) is 0 Å². The third-order valence-corrected chi connectivity index (χ3v) is 5.24. The van der Waals surface area contributed by atoms with Crippen LogP contribution in [0.4, 0.5) is 0 Å². The second kappa shape index (κ2) is 10.8. The molecule has 2 aromatic carbocycles. The molecule has 3 aromatic rings. The number of ketones is 1. The van der Waals surface area contributed by atoms with Crippen molar-refractivity contribution in [1.29, 1.82) is 0 Å². The number of nitrogens with zero attached hydrogens (tertiary/aromatic N) is 1. The highest BCUT2D eigenvalue weighted by atomic mass is 32.2. The van der Waals surface area contributed by atoms with Gasteiger partial charge in [-0.05, 0) is 12.8 Å². The molecule has 0 aliphatic heterocycles. The van der Waals surface area contributed by atoms with Crippen LogP contribution in [0.1, 0.15) is 25.7 Å². The van der Waals surface area contributed by atoms with Gasteiger partial charge in [0.25, 0.3) is 5.22 Å². The average molecular weight is 396 g/mol. The molecule has 0 radical (unpaired) electrons. The molecule has 0 saturated carbocycles. The zero-order chi connectivity index (χ0) is 19.6. The van der Waals surface area contributed by atoms with Crippen molar-refractivity contribution in [2.75, 3.05) is 19.5 Å². The molecule has 0 fully saturated rings. The number of methoxy groups -OCH3 is 1.